The van der Waals surface area contributed by atoms with Crippen LogP contribution in [-0.2, 0) is 6.54 Å². The molecular formula is C19H24N4O. The number of pyridine rings is 2. The molecule has 2 aromatic rings. The third-order valence-corrected chi connectivity index (χ3v) is 4.38. The monoisotopic (exact) mass is 324 g/mol. The van der Waals surface area contributed by atoms with Crippen LogP contribution in [0.25, 0.3) is 0 Å². The van der Waals surface area contributed by atoms with Gasteiger partial charge in [-0.05, 0) is 37.1 Å². The fourth-order valence-electron chi connectivity index (χ4n) is 3.04. The van der Waals surface area contributed by atoms with Crippen molar-refractivity contribution in [2.75, 3.05) is 5.32 Å². The number of nitrogens with zero attached hydrogens (tertiary/aromatic N) is 2. The molecule has 126 valence electrons. The third kappa shape index (κ3) is 4.78. The average Bonchev–Trinajstić information content (AvgIpc) is 2.90. The highest BCUT2D eigenvalue weighted by atomic mass is 16.1. The number of hydrogen-bond acceptors (Lipinski definition) is 4. The molecule has 1 amide bonds. The second-order valence-electron chi connectivity index (χ2n) is 6.27. The lowest BCUT2D eigenvalue weighted by atomic mass is 10.1. The van der Waals surface area contributed by atoms with Crippen molar-refractivity contribution in [3.8, 4) is 0 Å². The van der Waals surface area contributed by atoms with Crippen LogP contribution in [0.15, 0.2) is 42.7 Å². The van der Waals surface area contributed by atoms with Gasteiger partial charge in [0.15, 0.2) is 0 Å². The van der Waals surface area contributed by atoms with E-state index in [4.69, 9.17) is 0 Å². The van der Waals surface area contributed by atoms with Gasteiger partial charge in [-0.15, -0.1) is 0 Å². The van der Waals surface area contributed by atoms with Gasteiger partial charge < -0.3 is 10.6 Å². The van der Waals surface area contributed by atoms with E-state index in [2.05, 4.69) is 20.6 Å². The number of aromatic nitrogens is 2. The lowest BCUT2D eigenvalue weighted by molar-refractivity contribution is 0.0928. The van der Waals surface area contributed by atoms with Crippen LogP contribution in [-0.4, -0.2) is 21.9 Å². The van der Waals surface area contributed by atoms with E-state index in [1.54, 1.807) is 18.5 Å². The molecule has 5 nitrogen and oxygen atoms in total. The first-order chi connectivity index (χ1) is 11.8. The molecule has 0 bridgehead atoms. The van der Waals surface area contributed by atoms with Crippen molar-refractivity contribution in [3.05, 3.63) is 54.1 Å². The van der Waals surface area contributed by atoms with Crippen molar-refractivity contribution < 1.29 is 4.79 Å². The van der Waals surface area contributed by atoms with Gasteiger partial charge >= 0.3 is 0 Å². The minimum atomic E-state index is -0.0802. The summed E-state index contributed by atoms with van der Waals surface area (Å²) in [7, 11) is 0. The minimum absolute atomic E-state index is 0.0802. The first kappa shape index (κ1) is 16.4. The number of amides is 1. The Hall–Kier alpha value is -2.43. The lowest BCUT2D eigenvalue weighted by Crippen LogP contribution is -2.34. The fraction of sp³-hybridized carbons (Fsp3) is 0.421. The van der Waals surface area contributed by atoms with Gasteiger partial charge in [-0.25, -0.2) is 0 Å². The van der Waals surface area contributed by atoms with Crippen LogP contribution in [0.2, 0.25) is 0 Å². The Morgan fingerprint density at radius 1 is 1.04 bits per heavy atom. The third-order valence-electron chi connectivity index (χ3n) is 4.38. The number of nitrogens with one attached hydrogen (secondary N) is 2. The summed E-state index contributed by atoms with van der Waals surface area (Å²) in [5.41, 5.74) is 2.30. The second kappa shape index (κ2) is 8.43. The molecular weight excluding hydrogens is 300 g/mol. The van der Waals surface area contributed by atoms with Gasteiger partial charge in [0, 0.05) is 24.1 Å². The number of anilines is 1. The molecule has 0 spiro atoms. The summed E-state index contributed by atoms with van der Waals surface area (Å²) < 4.78 is 0. The Kier molecular flexibility index (Phi) is 5.77. The van der Waals surface area contributed by atoms with E-state index in [-0.39, 0.29) is 11.9 Å². The number of carbonyl (C=O) groups is 1. The van der Waals surface area contributed by atoms with Crippen LogP contribution in [0.4, 0.5) is 5.69 Å². The predicted molar refractivity (Wildman–Crippen MR) is 94.8 cm³/mol. The van der Waals surface area contributed by atoms with Crippen LogP contribution >= 0.6 is 0 Å². The molecule has 0 radical (unpaired) electrons. The summed E-state index contributed by atoms with van der Waals surface area (Å²) in [5, 5.41) is 6.42. The first-order valence-corrected chi connectivity index (χ1v) is 8.72. The summed E-state index contributed by atoms with van der Waals surface area (Å²) in [5.74, 6) is -0.0802. The zero-order valence-electron chi connectivity index (χ0n) is 13.9. The summed E-state index contributed by atoms with van der Waals surface area (Å²) in [4.78, 5) is 20.9. The second-order valence-corrected chi connectivity index (χ2v) is 6.27. The van der Waals surface area contributed by atoms with Crippen molar-refractivity contribution in [1.29, 1.82) is 0 Å². The molecule has 0 saturated heterocycles. The number of carbonyl (C=O) groups excluding carboxylic acids is 1. The van der Waals surface area contributed by atoms with Crippen LogP contribution in [0, 0.1) is 0 Å². The van der Waals surface area contributed by atoms with E-state index in [0.29, 0.717) is 12.2 Å². The highest BCUT2D eigenvalue weighted by Crippen LogP contribution is 2.18. The molecule has 0 atom stereocenters. The molecule has 0 unspecified atom stereocenters. The average molecular weight is 324 g/mol. The van der Waals surface area contributed by atoms with Crippen LogP contribution in [0.3, 0.4) is 0 Å². The summed E-state index contributed by atoms with van der Waals surface area (Å²) in [6, 6.07) is 9.77. The van der Waals surface area contributed by atoms with Gasteiger partial charge in [0.25, 0.3) is 5.91 Å². The predicted octanol–water partition coefficient (Wildman–Crippen LogP) is 3.54. The number of hydrogen-bond donors (Lipinski definition) is 2. The van der Waals surface area contributed by atoms with E-state index in [0.717, 1.165) is 24.2 Å². The van der Waals surface area contributed by atoms with Crippen molar-refractivity contribution in [2.24, 2.45) is 0 Å². The smallest absolute Gasteiger partial charge is 0.270 e. The zero-order valence-corrected chi connectivity index (χ0v) is 13.9. The molecule has 3 rings (SSSR count). The topological polar surface area (TPSA) is 66.9 Å². The van der Waals surface area contributed by atoms with E-state index in [9.17, 15) is 4.79 Å². The maximum Gasteiger partial charge on any atom is 0.270 e. The van der Waals surface area contributed by atoms with Crippen LogP contribution in [0.5, 0.6) is 0 Å². The standard InChI is InChI=1S/C19H24N4O/c24-19(23-15-7-3-1-2-4-8-15)18-13-16(10-12-21-18)22-14-17-9-5-6-11-20-17/h5-6,9-13,15H,1-4,7-8,14H2,(H,21,22)(H,23,24). The van der Waals surface area contributed by atoms with E-state index >= 15 is 0 Å². The number of rotatable bonds is 5. The zero-order chi connectivity index (χ0) is 16.6. The van der Waals surface area contributed by atoms with Gasteiger partial charge in [0.05, 0.1) is 12.2 Å². The van der Waals surface area contributed by atoms with E-state index in [1.165, 1.54) is 25.7 Å². The van der Waals surface area contributed by atoms with Crippen molar-refractivity contribution in [1.82, 2.24) is 15.3 Å². The molecule has 24 heavy (non-hydrogen) atoms. The molecule has 2 heterocycles. The highest BCUT2D eigenvalue weighted by Gasteiger charge is 2.16. The SMILES string of the molecule is O=C(NC1CCCCCC1)c1cc(NCc2ccccn2)ccn1. The van der Waals surface area contributed by atoms with Crippen molar-refractivity contribution in [2.45, 2.75) is 51.1 Å². The van der Waals surface area contributed by atoms with Crippen LogP contribution < -0.4 is 10.6 Å². The minimum Gasteiger partial charge on any atom is -0.379 e. The molecule has 2 aromatic heterocycles. The fourth-order valence-corrected chi connectivity index (χ4v) is 3.04. The lowest BCUT2D eigenvalue weighted by Gasteiger charge is -2.16. The normalized spacial score (nSPS) is 15.5. The maximum atomic E-state index is 12.4. The molecule has 1 fully saturated rings. The summed E-state index contributed by atoms with van der Waals surface area (Å²) in [6.45, 7) is 0.620. The van der Waals surface area contributed by atoms with Crippen molar-refractivity contribution in [3.63, 3.8) is 0 Å². The Labute approximate surface area is 142 Å². The molecule has 0 aliphatic heterocycles. The molecule has 1 saturated carbocycles. The maximum absolute atomic E-state index is 12.4. The first-order valence-electron chi connectivity index (χ1n) is 8.72. The van der Waals surface area contributed by atoms with Gasteiger partial charge in [-0.3, -0.25) is 14.8 Å². The van der Waals surface area contributed by atoms with Crippen molar-refractivity contribution >= 4 is 11.6 Å². The largest absolute Gasteiger partial charge is 0.379 e. The molecule has 1 aliphatic carbocycles. The Balaban J connectivity index is 1.58. The molecule has 2 N–H and O–H groups in total. The molecule has 0 aromatic carbocycles. The molecule has 5 heteroatoms. The Bertz CT molecular complexity index is 651. The van der Waals surface area contributed by atoms with Gasteiger partial charge in [-0.1, -0.05) is 31.7 Å². The Morgan fingerprint density at radius 2 is 1.88 bits per heavy atom. The summed E-state index contributed by atoms with van der Waals surface area (Å²) in [6.07, 6.45) is 10.5. The van der Waals surface area contributed by atoms with Gasteiger partial charge in [0.1, 0.15) is 5.69 Å². The highest BCUT2D eigenvalue weighted by molar-refractivity contribution is 5.93. The van der Waals surface area contributed by atoms with E-state index in [1.807, 2.05) is 24.3 Å². The Morgan fingerprint density at radius 3 is 2.62 bits per heavy atom. The quantitative estimate of drug-likeness (QED) is 0.826. The van der Waals surface area contributed by atoms with Gasteiger partial charge in [-0.2, -0.15) is 0 Å². The van der Waals surface area contributed by atoms with Crippen LogP contribution in [0.1, 0.15) is 54.7 Å². The van der Waals surface area contributed by atoms with Gasteiger partial charge in [0.2, 0.25) is 0 Å². The van der Waals surface area contributed by atoms with E-state index < -0.39 is 0 Å². The molecule has 1 aliphatic rings. The summed E-state index contributed by atoms with van der Waals surface area (Å²) >= 11 is 0.